The van der Waals surface area contributed by atoms with Crippen molar-refractivity contribution in [1.29, 1.82) is 0 Å². The number of ketones is 2. The van der Waals surface area contributed by atoms with Gasteiger partial charge in [-0.05, 0) is 18.6 Å². The fraction of sp³-hybridized carbons (Fsp3) is 0.176. The van der Waals surface area contributed by atoms with Gasteiger partial charge in [-0.15, -0.1) is 13.2 Å². The van der Waals surface area contributed by atoms with Crippen molar-refractivity contribution >= 4 is 11.6 Å². The normalized spacial score (nSPS) is 11.1. The zero-order valence-electron chi connectivity index (χ0n) is 12.2. The molecule has 6 heteroatoms. The van der Waals surface area contributed by atoms with E-state index in [1.165, 1.54) is 49.4 Å². The standard InChI is InChI=1S/C17H13F3O3/c1-11(21)10-15(22)13-8-6-12(7-9-13)14-4-2-3-5-16(14)23-17(18,19)20/h2-9H,10H2,1H3. The molecule has 0 aromatic heterocycles. The van der Waals surface area contributed by atoms with E-state index in [4.69, 9.17) is 0 Å². The van der Waals surface area contributed by atoms with Crippen molar-refractivity contribution in [1.82, 2.24) is 0 Å². The topological polar surface area (TPSA) is 43.4 Å². The van der Waals surface area contributed by atoms with Gasteiger partial charge >= 0.3 is 6.36 Å². The minimum atomic E-state index is -4.78. The van der Waals surface area contributed by atoms with Crippen LogP contribution in [0.15, 0.2) is 48.5 Å². The molecule has 0 saturated carbocycles. The van der Waals surface area contributed by atoms with E-state index in [2.05, 4.69) is 4.74 Å². The van der Waals surface area contributed by atoms with Crippen LogP contribution in [-0.2, 0) is 4.79 Å². The maximum absolute atomic E-state index is 12.4. The van der Waals surface area contributed by atoms with Crippen LogP contribution in [0.5, 0.6) is 5.75 Å². The molecule has 0 aliphatic rings. The SMILES string of the molecule is CC(=O)CC(=O)c1ccc(-c2ccccc2OC(F)(F)F)cc1. The Balaban J connectivity index is 2.30. The first-order chi connectivity index (χ1) is 10.8. The van der Waals surface area contributed by atoms with Gasteiger partial charge < -0.3 is 4.74 Å². The summed E-state index contributed by atoms with van der Waals surface area (Å²) in [7, 11) is 0. The van der Waals surface area contributed by atoms with Crippen LogP contribution >= 0.6 is 0 Å². The largest absolute Gasteiger partial charge is 0.573 e. The Labute approximate surface area is 130 Å². The molecule has 2 aromatic rings. The van der Waals surface area contributed by atoms with Crippen molar-refractivity contribution in [3.05, 3.63) is 54.1 Å². The Kier molecular flexibility index (Phi) is 4.83. The molecular formula is C17H13F3O3. The van der Waals surface area contributed by atoms with Crippen molar-refractivity contribution in [2.24, 2.45) is 0 Å². The van der Waals surface area contributed by atoms with Gasteiger partial charge in [0.15, 0.2) is 5.78 Å². The van der Waals surface area contributed by atoms with Crippen LogP contribution in [0.1, 0.15) is 23.7 Å². The molecule has 0 aliphatic carbocycles. The molecule has 0 atom stereocenters. The molecule has 0 N–H and O–H groups in total. The number of para-hydroxylation sites is 1. The molecule has 2 rings (SSSR count). The highest BCUT2D eigenvalue weighted by atomic mass is 19.4. The Morgan fingerprint density at radius 1 is 1.00 bits per heavy atom. The van der Waals surface area contributed by atoms with Crippen molar-refractivity contribution in [3.8, 4) is 16.9 Å². The van der Waals surface area contributed by atoms with Crippen LogP contribution < -0.4 is 4.74 Å². The summed E-state index contributed by atoms with van der Waals surface area (Å²) in [4.78, 5) is 22.7. The van der Waals surface area contributed by atoms with Gasteiger partial charge in [0.05, 0.1) is 6.42 Å². The zero-order chi connectivity index (χ0) is 17.0. The van der Waals surface area contributed by atoms with Crippen LogP contribution in [0, 0.1) is 0 Å². The highest BCUT2D eigenvalue weighted by Gasteiger charge is 2.32. The van der Waals surface area contributed by atoms with E-state index in [0.717, 1.165) is 0 Å². The summed E-state index contributed by atoms with van der Waals surface area (Å²) in [5.74, 6) is -0.894. The zero-order valence-corrected chi connectivity index (χ0v) is 12.2. The quantitative estimate of drug-likeness (QED) is 0.605. The first-order valence-corrected chi connectivity index (χ1v) is 6.74. The maximum atomic E-state index is 12.4. The lowest BCUT2D eigenvalue weighted by Gasteiger charge is -2.13. The van der Waals surface area contributed by atoms with Crippen molar-refractivity contribution in [2.45, 2.75) is 19.7 Å². The fourth-order valence-corrected chi connectivity index (χ4v) is 2.08. The summed E-state index contributed by atoms with van der Waals surface area (Å²) in [5.41, 5.74) is 1.07. The second kappa shape index (κ2) is 6.64. The Morgan fingerprint density at radius 3 is 2.17 bits per heavy atom. The maximum Gasteiger partial charge on any atom is 0.573 e. The second-order valence-electron chi connectivity index (χ2n) is 4.92. The third-order valence-electron chi connectivity index (χ3n) is 3.04. The number of benzene rings is 2. The van der Waals surface area contributed by atoms with Crippen molar-refractivity contribution in [2.75, 3.05) is 0 Å². The lowest BCUT2D eigenvalue weighted by Crippen LogP contribution is -2.17. The highest BCUT2D eigenvalue weighted by molar-refractivity contribution is 6.07. The molecule has 0 saturated heterocycles. The molecular weight excluding hydrogens is 309 g/mol. The van der Waals surface area contributed by atoms with Crippen molar-refractivity contribution in [3.63, 3.8) is 0 Å². The van der Waals surface area contributed by atoms with E-state index in [-0.39, 0.29) is 29.3 Å². The summed E-state index contributed by atoms with van der Waals surface area (Å²) in [6, 6.07) is 11.7. The van der Waals surface area contributed by atoms with Crippen LogP contribution in [0.2, 0.25) is 0 Å². The van der Waals surface area contributed by atoms with Crippen LogP contribution in [0.25, 0.3) is 11.1 Å². The molecule has 0 unspecified atom stereocenters. The number of hydrogen-bond donors (Lipinski definition) is 0. The van der Waals surface area contributed by atoms with E-state index in [1.807, 2.05) is 0 Å². The Bertz CT molecular complexity index is 719. The number of ether oxygens (including phenoxy) is 1. The van der Waals surface area contributed by atoms with Gasteiger partial charge in [-0.25, -0.2) is 0 Å². The third-order valence-corrected chi connectivity index (χ3v) is 3.04. The second-order valence-corrected chi connectivity index (χ2v) is 4.92. The molecule has 0 fully saturated rings. The number of carbonyl (C=O) groups is 2. The van der Waals surface area contributed by atoms with Crippen molar-refractivity contribution < 1.29 is 27.5 Å². The molecule has 2 aromatic carbocycles. The van der Waals surface area contributed by atoms with Crippen LogP contribution in [0.3, 0.4) is 0 Å². The van der Waals surface area contributed by atoms with E-state index in [1.54, 1.807) is 6.07 Å². The van der Waals surface area contributed by atoms with E-state index < -0.39 is 6.36 Å². The highest BCUT2D eigenvalue weighted by Crippen LogP contribution is 2.33. The van der Waals surface area contributed by atoms with E-state index in [0.29, 0.717) is 11.1 Å². The average Bonchev–Trinajstić information content (AvgIpc) is 2.45. The van der Waals surface area contributed by atoms with Gasteiger partial charge in [-0.1, -0.05) is 42.5 Å². The average molecular weight is 322 g/mol. The number of halogens is 3. The van der Waals surface area contributed by atoms with Crippen LogP contribution in [-0.4, -0.2) is 17.9 Å². The lowest BCUT2D eigenvalue weighted by molar-refractivity contribution is -0.274. The van der Waals surface area contributed by atoms with Crippen LogP contribution in [0.4, 0.5) is 13.2 Å². The molecule has 0 aliphatic heterocycles. The minimum absolute atomic E-state index is 0.201. The predicted molar refractivity (Wildman–Crippen MR) is 78.2 cm³/mol. The predicted octanol–water partition coefficient (Wildman–Crippen LogP) is 4.41. The minimum Gasteiger partial charge on any atom is -0.405 e. The third kappa shape index (κ3) is 4.67. The summed E-state index contributed by atoms with van der Waals surface area (Å²) in [6.07, 6.45) is -4.99. The number of hydrogen-bond acceptors (Lipinski definition) is 3. The number of Topliss-reactive ketones (excluding diaryl/α,β-unsaturated/α-hetero) is 2. The number of carbonyl (C=O) groups excluding carboxylic acids is 2. The Morgan fingerprint density at radius 2 is 1.61 bits per heavy atom. The summed E-state index contributed by atoms with van der Waals surface area (Å²) in [6.45, 7) is 1.32. The first kappa shape index (κ1) is 16.7. The molecule has 0 heterocycles. The molecule has 0 spiro atoms. The van der Waals surface area contributed by atoms with Gasteiger partial charge in [0.2, 0.25) is 0 Å². The lowest BCUT2D eigenvalue weighted by atomic mass is 10.0. The smallest absolute Gasteiger partial charge is 0.405 e. The van der Waals surface area contributed by atoms with Gasteiger partial charge in [0.25, 0.3) is 0 Å². The summed E-state index contributed by atoms with van der Waals surface area (Å²) in [5, 5.41) is 0. The molecule has 3 nitrogen and oxygen atoms in total. The monoisotopic (exact) mass is 322 g/mol. The molecule has 23 heavy (non-hydrogen) atoms. The number of alkyl halides is 3. The molecule has 0 amide bonds. The first-order valence-electron chi connectivity index (χ1n) is 6.74. The molecule has 0 radical (unpaired) electrons. The molecule has 120 valence electrons. The van der Waals surface area contributed by atoms with Gasteiger partial charge in [-0.2, -0.15) is 0 Å². The van der Waals surface area contributed by atoms with Gasteiger partial charge in [0, 0.05) is 11.1 Å². The fourth-order valence-electron chi connectivity index (χ4n) is 2.08. The summed E-state index contributed by atoms with van der Waals surface area (Å²) >= 11 is 0. The van der Waals surface area contributed by atoms with Gasteiger partial charge in [-0.3, -0.25) is 9.59 Å². The Hall–Kier alpha value is -2.63. The van der Waals surface area contributed by atoms with E-state index in [9.17, 15) is 22.8 Å². The van der Waals surface area contributed by atoms with Gasteiger partial charge in [0.1, 0.15) is 11.5 Å². The number of rotatable bonds is 5. The van der Waals surface area contributed by atoms with E-state index >= 15 is 0 Å². The molecule has 0 bridgehead atoms. The summed E-state index contributed by atoms with van der Waals surface area (Å²) < 4.78 is 41.3.